The molecule has 3 aliphatic rings. The van der Waals surface area contributed by atoms with E-state index in [0.29, 0.717) is 84.0 Å². The molecule has 3 fully saturated rings. The average molecular weight is 997 g/mol. The lowest BCUT2D eigenvalue weighted by molar-refractivity contribution is 0.0942. The summed E-state index contributed by atoms with van der Waals surface area (Å²) >= 11 is 0. The molecule has 12 rings (SSSR count). The highest BCUT2D eigenvalue weighted by molar-refractivity contribution is 6.14. The highest BCUT2D eigenvalue weighted by Gasteiger charge is 2.28. The number of nitrogens with one attached hydrogen (secondary N) is 7. The minimum Gasteiger partial charge on any atom is -0.360 e. The zero-order chi connectivity index (χ0) is 51.6. The highest BCUT2D eigenvalue weighted by atomic mass is 16.2. The van der Waals surface area contributed by atoms with Crippen LogP contribution in [0.1, 0.15) is 117 Å². The maximum atomic E-state index is 14.5. The monoisotopic (exact) mass is 996 g/mol. The molecule has 75 heavy (non-hydrogen) atoms. The molecule has 0 unspecified atom stereocenters. The van der Waals surface area contributed by atoms with Crippen LogP contribution >= 0.6 is 0 Å². The molecule has 16 heteroatoms. The number of aromatic amines is 1. The van der Waals surface area contributed by atoms with E-state index >= 15 is 0 Å². The summed E-state index contributed by atoms with van der Waals surface area (Å²) in [7, 11) is 0. The maximum absolute atomic E-state index is 14.5. The van der Waals surface area contributed by atoms with Gasteiger partial charge in [0.15, 0.2) is 0 Å². The number of carbonyl (C=O) groups excluding carboxylic acids is 6. The van der Waals surface area contributed by atoms with Gasteiger partial charge >= 0.3 is 0 Å². The number of carbonyl (C=O) groups is 6. The molecule has 3 heterocycles. The SMILES string of the molecule is Cc1ccc(C(=O)NC2CC2)cc1NC(=O)c1ccc2ccn(-c3cc(C(=O)NC4CC4)cc(NC(=O)c4ccc5cnn(-c6cc(C(=O)NC7CC7)cc(NC(=O)c7c[nH]c8ccccc78)c6C)c5c4)c3C)c2c1. The Kier molecular flexibility index (Phi) is 11.6. The molecule has 0 aliphatic heterocycles. The van der Waals surface area contributed by atoms with Crippen molar-refractivity contribution in [2.45, 2.75) is 77.4 Å². The summed E-state index contributed by atoms with van der Waals surface area (Å²) in [5.41, 5.74) is 9.03. The van der Waals surface area contributed by atoms with Crippen LogP contribution in [-0.2, 0) is 0 Å². The lowest BCUT2D eigenvalue weighted by Crippen LogP contribution is -2.26. The van der Waals surface area contributed by atoms with E-state index in [-0.39, 0.29) is 47.7 Å². The van der Waals surface area contributed by atoms with Crippen molar-refractivity contribution < 1.29 is 28.8 Å². The molecule has 6 amide bonds. The number of rotatable bonds is 14. The Morgan fingerprint density at radius 2 is 1.03 bits per heavy atom. The fourth-order valence-electron chi connectivity index (χ4n) is 9.45. The van der Waals surface area contributed by atoms with Gasteiger partial charge in [-0.25, -0.2) is 4.68 Å². The summed E-state index contributed by atoms with van der Waals surface area (Å²) in [4.78, 5) is 85.8. The quantitative estimate of drug-likeness (QED) is 0.0560. The van der Waals surface area contributed by atoms with Crippen LogP contribution in [0.2, 0.25) is 0 Å². The standard InChI is InChI=1S/C59H52N10O6/c1-31-8-9-35(54(70)62-41-14-15-41)22-47(31)65-55(71)36-11-10-34-20-21-68(52(34)25-36)50-27-39(57(73)63-42-16-17-42)23-48(32(50)2)66-56(72)37-12-13-38-29-61-69(53(38)26-37)51-28-40(58(74)64-43-18-19-43)24-49(33(51)3)67-59(75)45-30-60-46-7-5-4-6-44(45)46/h4-13,20-30,41-43,60H,14-19H2,1-3H3,(H,62,70)(H,63,73)(H,64,74)(H,65,71)(H,66,72)(H,67,75). The summed E-state index contributed by atoms with van der Waals surface area (Å²) in [5.74, 6) is -1.88. The first-order chi connectivity index (χ1) is 36.3. The molecule has 0 atom stereocenters. The van der Waals surface area contributed by atoms with Crippen molar-refractivity contribution in [2.24, 2.45) is 0 Å². The van der Waals surface area contributed by atoms with Crippen LogP contribution < -0.4 is 31.9 Å². The molecule has 7 N–H and O–H groups in total. The van der Waals surface area contributed by atoms with E-state index in [4.69, 9.17) is 5.10 Å². The number of benzene rings is 6. The fraction of sp³-hybridized carbons (Fsp3) is 0.203. The number of amides is 6. The molecule has 9 aromatic rings. The van der Waals surface area contributed by atoms with E-state index in [0.717, 1.165) is 65.8 Å². The third kappa shape index (κ3) is 9.37. The molecule has 3 aromatic heterocycles. The minimum absolute atomic E-state index is 0.0750. The Bertz CT molecular complexity index is 3890. The van der Waals surface area contributed by atoms with Crippen LogP contribution in [-0.4, -0.2) is 72.9 Å². The number of H-pyrrole nitrogens is 1. The molecule has 0 radical (unpaired) electrons. The smallest absolute Gasteiger partial charge is 0.257 e. The van der Waals surface area contributed by atoms with Crippen LogP contribution in [0, 0.1) is 20.8 Å². The van der Waals surface area contributed by atoms with Gasteiger partial charge in [-0.1, -0.05) is 36.4 Å². The maximum Gasteiger partial charge on any atom is 0.257 e. The molecule has 6 aromatic carbocycles. The Morgan fingerprint density at radius 1 is 0.507 bits per heavy atom. The fourth-order valence-corrected chi connectivity index (χ4v) is 9.45. The number of para-hydroxylation sites is 1. The zero-order valence-electron chi connectivity index (χ0n) is 41.4. The molecule has 0 saturated heterocycles. The van der Waals surface area contributed by atoms with E-state index in [1.54, 1.807) is 83.8 Å². The lowest BCUT2D eigenvalue weighted by atomic mass is 10.0. The summed E-state index contributed by atoms with van der Waals surface area (Å²) in [5, 5.41) is 25.4. The van der Waals surface area contributed by atoms with Crippen molar-refractivity contribution in [1.29, 1.82) is 0 Å². The largest absolute Gasteiger partial charge is 0.360 e. The van der Waals surface area contributed by atoms with E-state index in [1.807, 2.05) is 74.0 Å². The van der Waals surface area contributed by atoms with Gasteiger partial charge < -0.3 is 41.5 Å². The minimum atomic E-state index is -0.444. The van der Waals surface area contributed by atoms with E-state index in [9.17, 15) is 28.8 Å². The molecular weight excluding hydrogens is 945 g/mol. The molecule has 3 saturated carbocycles. The van der Waals surface area contributed by atoms with Gasteiger partial charge in [0.1, 0.15) is 0 Å². The second kappa shape index (κ2) is 18.6. The van der Waals surface area contributed by atoms with Crippen molar-refractivity contribution >= 4 is 85.2 Å². The van der Waals surface area contributed by atoms with Crippen molar-refractivity contribution in [2.75, 3.05) is 16.0 Å². The van der Waals surface area contributed by atoms with Crippen LogP contribution in [0.5, 0.6) is 0 Å². The first-order valence-corrected chi connectivity index (χ1v) is 25.2. The summed E-state index contributed by atoms with van der Waals surface area (Å²) < 4.78 is 3.57. The number of aromatic nitrogens is 4. The zero-order valence-corrected chi connectivity index (χ0v) is 41.4. The van der Waals surface area contributed by atoms with Gasteiger partial charge in [0.2, 0.25) is 0 Å². The van der Waals surface area contributed by atoms with Crippen molar-refractivity contribution in [3.8, 4) is 11.4 Å². The molecule has 374 valence electrons. The van der Waals surface area contributed by atoms with Crippen LogP contribution in [0.4, 0.5) is 17.1 Å². The lowest BCUT2D eigenvalue weighted by Gasteiger charge is -2.18. The third-order valence-electron chi connectivity index (χ3n) is 14.4. The predicted molar refractivity (Wildman–Crippen MR) is 289 cm³/mol. The number of anilines is 3. The predicted octanol–water partition coefficient (Wildman–Crippen LogP) is 9.81. The molecule has 3 aliphatic carbocycles. The van der Waals surface area contributed by atoms with Crippen molar-refractivity contribution in [1.82, 2.24) is 35.3 Å². The van der Waals surface area contributed by atoms with Gasteiger partial charge in [-0.3, -0.25) is 28.8 Å². The molecular formula is C59H52N10O6. The van der Waals surface area contributed by atoms with Crippen LogP contribution in [0.15, 0.2) is 128 Å². The number of hydrogen-bond acceptors (Lipinski definition) is 7. The summed E-state index contributed by atoms with van der Waals surface area (Å²) in [6.45, 7) is 5.59. The van der Waals surface area contributed by atoms with Gasteiger partial charge in [0.05, 0.1) is 34.2 Å². The number of fused-ring (bicyclic) bond motifs is 3. The average Bonchev–Trinajstić information content (AvgIpc) is 4.39. The number of nitrogens with zero attached hydrogens (tertiary/aromatic N) is 3. The van der Waals surface area contributed by atoms with Gasteiger partial charge in [-0.2, -0.15) is 5.10 Å². The topological polar surface area (TPSA) is 213 Å². The Hall–Kier alpha value is -9.31. The van der Waals surface area contributed by atoms with Gasteiger partial charge in [-0.05, 0) is 154 Å². The first-order valence-electron chi connectivity index (χ1n) is 25.2. The molecule has 0 spiro atoms. The number of aryl methyl sites for hydroxylation is 1. The second-order valence-electron chi connectivity index (χ2n) is 20.0. The van der Waals surface area contributed by atoms with Gasteiger partial charge in [-0.15, -0.1) is 0 Å². The third-order valence-corrected chi connectivity index (χ3v) is 14.4. The van der Waals surface area contributed by atoms with Gasteiger partial charge in [0.25, 0.3) is 35.4 Å². The van der Waals surface area contributed by atoms with Crippen molar-refractivity contribution in [3.63, 3.8) is 0 Å². The summed E-state index contributed by atoms with van der Waals surface area (Å²) in [6, 6.07) is 32.6. The van der Waals surface area contributed by atoms with E-state index in [2.05, 4.69) is 36.9 Å². The second-order valence-corrected chi connectivity index (χ2v) is 20.0. The first kappa shape index (κ1) is 46.7. The van der Waals surface area contributed by atoms with E-state index in [1.165, 1.54) is 0 Å². The molecule has 16 nitrogen and oxygen atoms in total. The molecule has 0 bridgehead atoms. The summed E-state index contributed by atoms with van der Waals surface area (Å²) in [6.07, 6.45) is 10.7. The van der Waals surface area contributed by atoms with Crippen LogP contribution in [0.3, 0.4) is 0 Å². The van der Waals surface area contributed by atoms with Crippen LogP contribution in [0.25, 0.3) is 44.1 Å². The highest BCUT2D eigenvalue weighted by Crippen LogP contribution is 2.34. The Morgan fingerprint density at radius 3 is 1.68 bits per heavy atom. The Labute approximate surface area is 430 Å². The van der Waals surface area contributed by atoms with Gasteiger partial charge in [0, 0.05) is 91.7 Å². The van der Waals surface area contributed by atoms with E-state index < -0.39 is 5.91 Å². The normalized spacial score (nSPS) is 14.2. The van der Waals surface area contributed by atoms with Crippen molar-refractivity contribution in [3.05, 3.63) is 178 Å². The Balaban J connectivity index is 0.861. The number of hydrogen-bond donors (Lipinski definition) is 7.